The summed E-state index contributed by atoms with van der Waals surface area (Å²) in [6.07, 6.45) is 0. The number of amides is 1. The largest absolute Gasteiger partial charge is 0.369 e. The minimum absolute atomic E-state index is 0.184. The molecule has 0 saturated carbocycles. The highest BCUT2D eigenvalue weighted by Gasteiger charge is 2.12. The van der Waals surface area contributed by atoms with Gasteiger partial charge in [-0.15, -0.1) is 0 Å². The molecule has 0 aliphatic heterocycles. The number of carbonyl (C=O) groups is 1. The molecule has 19 heavy (non-hydrogen) atoms. The van der Waals surface area contributed by atoms with Gasteiger partial charge >= 0.3 is 0 Å². The zero-order valence-corrected chi connectivity index (χ0v) is 11.7. The number of aryl methyl sites for hydroxylation is 1. The summed E-state index contributed by atoms with van der Waals surface area (Å²) >= 11 is 6.35. The van der Waals surface area contributed by atoms with Crippen LogP contribution in [0.2, 0.25) is 5.02 Å². The van der Waals surface area contributed by atoms with Gasteiger partial charge in [-0.2, -0.15) is 0 Å². The van der Waals surface area contributed by atoms with Gasteiger partial charge in [0.1, 0.15) is 0 Å². The molecule has 2 aromatic rings. The van der Waals surface area contributed by atoms with Crippen LogP contribution in [0.1, 0.15) is 11.3 Å². The van der Waals surface area contributed by atoms with Crippen LogP contribution in [0.5, 0.6) is 0 Å². The van der Waals surface area contributed by atoms with Gasteiger partial charge in [0, 0.05) is 11.9 Å². The Kier molecular flexibility index (Phi) is 4.02. The highest BCUT2D eigenvalue weighted by molar-refractivity contribution is 6.32. The Morgan fingerprint density at radius 3 is 2.79 bits per heavy atom. The number of fused-ring (bicyclic) bond motifs is 1. The third-order valence-electron chi connectivity index (χ3n) is 2.99. The number of primary amides is 1. The Morgan fingerprint density at radius 2 is 2.11 bits per heavy atom. The summed E-state index contributed by atoms with van der Waals surface area (Å²) in [6, 6.07) is 7.86. The summed E-state index contributed by atoms with van der Waals surface area (Å²) < 4.78 is 0. The Labute approximate surface area is 117 Å². The second-order valence-electron chi connectivity index (χ2n) is 4.65. The molecule has 0 bridgehead atoms. The number of halogens is 1. The summed E-state index contributed by atoms with van der Waals surface area (Å²) in [6.45, 7) is 2.65. The van der Waals surface area contributed by atoms with E-state index < -0.39 is 0 Å². The molecule has 2 N–H and O–H groups in total. The van der Waals surface area contributed by atoms with Crippen molar-refractivity contribution in [2.75, 3.05) is 13.6 Å². The number of pyridine rings is 1. The maximum atomic E-state index is 10.9. The SMILES string of the molecule is Cc1c(Cl)c(CN(C)CC(N)=O)nc2ccccc12. The lowest BCUT2D eigenvalue weighted by Crippen LogP contribution is -2.30. The average molecular weight is 278 g/mol. The first-order valence-electron chi connectivity index (χ1n) is 5.99. The van der Waals surface area contributed by atoms with E-state index in [-0.39, 0.29) is 12.5 Å². The van der Waals surface area contributed by atoms with E-state index in [4.69, 9.17) is 17.3 Å². The summed E-state index contributed by atoms with van der Waals surface area (Å²) in [5.74, 6) is -0.365. The van der Waals surface area contributed by atoms with Crippen LogP contribution in [0.3, 0.4) is 0 Å². The van der Waals surface area contributed by atoms with Gasteiger partial charge in [0.15, 0.2) is 0 Å². The zero-order chi connectivity index (χ0) is 14.0. The zero-order valence-electron chi connectivity index (χ0n) is 11.0. The molecule has 2 rings (SSSR count). The molecule has 0 unspecified atom stereocenters. The average Bonchev–Trinajstić information content (AvgIpc) is 2.34. The molecule has 0 aliphatic rings. The predicted molar refractivity (Wildman–Crippen MR) is 77.0 cm³/mol. The number of aromatic nitrogens is 1. The monoisotopic (exact) mass is 277 g/mol. The third kappa shape index (κ3) is 3.03. The summed E-state index contributed by atoms with van der Waals surface area (Å²) in [5, 5.41) is 1.70. The van der Waals surface area contributed by atoms with Crippen LogP contribution < -0.4 is 5.73 Å². The van der Waals surface area contributed by atoms with E-state index in [1.54, 1.807) is 4.90 Å². The van der Waals surface area contributed by atoms with Crippen molar-refractivity contribution in [2.24, 2.45) is 5.73 Å². The number of hydrogen-bond acceptors (Lipinski definition) is 3. The van der Waals surface area contributed by atoms with Gasteiger partial charge < -0.3 is 5.73 Å². The Hall–Kier alpha value is -1.65. The minimum Gasteiger partial charge on any atom is -0.369 e. The molecule has 1 heterocycles. The van der Waals surface area contributed by atoms with E-state index in [1.807, 2.05) is 38.2 Å². The predicted octanol–water partition coefficient (Wildman–Crippen LogP) is 2.11. The molecule has 0 aliphatic carbocycles. The van der Waals surface area contributed by atoms with Crippen LogP contribution in [0.4, 0.5) is 0 Å². The van der Waals surface area contributed by atoms with E-state index in [1.165, 1.54) is 0 Å². The van der Waals surface area contributed by atoms with Gasteiger partial charge in [-0.1, -0.05) is 29.8 Å². The van der Waals surface area contributed by atoms with Gasteiger partial charge in [-0.25, -0.2) is 4.98 Å². The van der Waals surface area contributed by atoms with Crippen molar-refractivity contribution >= 4 is 28.4 Å². The number of carbonyl (C=O) groups excluding carboxylic acids is 1. The molecule has 0 radical (unpaired) electrons. The second-order valence-corrected chi connectivity index (χ2v) is 5.03. The lowest BCUT2D eigenvalue weighted by atomic mass is 10.1. The number of para-hydroxylation sites is 1. The number of benzene rings is 1. The van der Waals surface area contributed by atoms with Crippen LogP contribution in [0.15, 0.2) is 24.3 Å². The Morgan fingerprint density at radius 1 is 1.42 bits per heavy atom. The first kappa shape index (κ1) is 13.8. The lowest BCUT2D eigenvalue weighted by molar-refractivity contribution is -0.118. The molecule has 100 valence electrons. The van der Waals surface area contributed by atoms with E-state index >= 15 is 0 Å². The van der Waals surface area contributed by atoms with Gasteiger partial charge in [-0.05, 0) is 25.6 Å². The molecular formula is C14H16ClN3O. The fraction of sp³-hybridized carbons (Fsp3) is 0.286. The number of nitrogens with zero attached hydrogens (tertiary/aromatic N) is 2. The van der Waals surface area contributed by atoms with Crippen LogP contribution in [-0.2, 0) is 11.3 Å². The lowest BCUT2D eigenvalue weighted by Gasteiger charge is -2.16. The van der Waals surface area contributed by atoms with Crippen molar-refractivity contribution in [2.45, 2.75) is 13.5 Å². The molecule has 0 atom stereocenters. The van der Waals surface area contributed by atoms with Crippen LogP contribution in [0, 0.1) is 6.92 Å². The maximum Gasteiger partial charge on any atom is 0.231 e. The fourth-order valence-corrected chi connectivity index (χ4v) is 2.30. The topological polar surface area (TPSA) is 59.2 Å². The normalized spacial score (nSPS) is 11.2. The van der Waals surface area contributed by atoms with E-state index in [9.17, 15) is 4.79 Å². The smallest absolute Gasteiger partial charge is 0.231 e. The number of hydrogen-bond donors (Lipinski definition) is 1. The Bertz CT molecular complexity index is 627. The molecule has 1 aromatic heterocycles. The quantitative estimate of drug-likeness (QED) is 0.931. The standard InChI is InChI=1S/C14H16ClN3O/c1-9-10-5-3-4-6-11(10)17-12(14(9)15)7-18(2)8-13(16)19/h3-6H,7-8H2,1-2H3,(H2,16,19). The molecule has 5 heteroatoms. The van der Waals surface area contributed by atoms with Crippen LogP contribution in [0.25, 0.3) is 10.9 Å². The van der Waals surface area contributed by atoms with Gasteiger partial charge in [0.25, 0.3) is 0 Å². The molecule has 1 amide bonds. The molecule has 0 saturated heterocycles. The summed E-state index contributed by atoms with van der Waals surface area (Å²) in [7, 11) is 1.81. The minimum atomic E-state index is -0.365. The summed E-state index contributed by atoms with van der Waals surface area (Å²) in [5.41, 5.74) is 7.86. The van der Waals surface area contributed by atoms with Crippen molar-refractivity contribution in [1.29, 1.82) is 0 Å². The van der Waals surface area contributed by atoms with Crippen molar-refractivity contribution in [3.8, 4) is 0 Å². The summed E-state index contributed by atoms with van der Waals surface area (Å²) in [4.78, 5) is 17.2. The van der Waals surface area contributed by atoms with Gasteiger partial charge in [0.2, 0.25) is 5.91 Å². The van der Waals surface area contributed by atoms with Crippen LogP contribution >= 0.6 is 11.6 Å². The van der Waals surface area contributed by atoms with E-state index in [2.05, 4.69) is 4.98 Å². The maximum absolute atomic E-state index is 10.9. The molecule has 4 nitrogen and oxygen atoms in total. The molecule has 0 fully saturated rings. The van der Waals surface area contributed by atoms with Crippen LogP contribution in [-0.4, -0.2) is 29.4 Å². The van der Waals surface area contributed by atoms with Crippen molar-refractivity contribution in [3.05, 3.63) is 40.5 Å². The number of rotatable bonds is 4. The molecule has 1 aromatic carbocycles. The van der Waals surface area contributed by atoms with Gasteiger partial charge in [0.05, 0.1) is 22.8 Å². The van der Waals surface area contributed by atoms with Crippen molar-refractivity contribution in [1.82, 2.24) is 9.88 Å². The first-order valence-corrected chi connectivity index (χ1v) is 6.37. The second kappa shape index (κ2) is 5.55. The van der Waals surface area contributed by atoms with Crippen molar-refractivity contribution in [3.63, 3.8) is 0 Å². The molecule has 0 spiro atoms. The van der Waals surface area contributed by atoms with E-state index in [0.29, 0.717) is 11.6 Å². The third-order valence-corrected chi connectivity index (χ3v) is 3.49. The fourth-order valence-electron chi connectivity index (χ4n) is 2.10. The van der Waals surface area contributed by atoms with Gasteiger partial charge in [-0.3, -0.25) is 9.69 Å². The number of likely N-dealkylation sites (N-methyl/N-ethyl adjacent to an activating group) is 1. The van der Waals surface area contributed by atoms with E-state index in [0.717, 1.165) is 22.2 Å². The highest BCUT2D eigenvalue weighted by atomic mass is 35.5. The number of nitrogens with two attached hydrogens (primary N) is 1. The molecular weight excluding hydrogens is 262 g/mol. The highest BCUT2D eigenvalue weighted by Crippen LogP contribution is 2.27. The van der Waals surface area contributed by atoms with Crippen molar-refractivity contribution < 1.29 is 4.79 Å². The first-order chi connectivity index (χ1) is 8.99. The Balaban J connectivity index is 2.38.